The Morgan fingerprint density at radius 3 is 2.60 bits per heavy atom. The van der Waals surface area contributed by atoms with E-state index in [-0.39, 0.29) is 18.1 Å². The van der Waals surface area contributed by atoms with E-state index in [4.69, 9.17) is 9.47 Å². The lowest BCUT2D eigenvalue weighted by Gasteiger charge is -2.13. The molecule has 20 heavy (non-hydrogen) atoms. The summed E-state index contributed by atoms with van der Waals surface area (Å²) in [6.07, 6.45) is 0.278. The number of carbonyl (C=O) groups excluding carboxylic acids is 1. The quantitative estimate of drug-likeness (QED) is 0.675. The van der Waals surface area contributed by atoms with Crippen molar-refractivity contribution in [1.29, 1.82) is 0 Å². The number of halogens is 1. The van der Waals surface area contributed by atoms with Crippen molar-refractivity contribution in [3.8, 4) is 17.2 Å². The molecule has 0 radical (unpaired) electrons. The van der Waals surface area contributed by atoms with Gasteiger partial charge >= 0.3 is 5.97 Å². The maximum absolute atomic E-state index is 11.5. The van der Waals surface area contributed by atoms with Crippen LogP contribution in [0.4, 0.5) is 0 Å². The predicted octanol–water partition coefficient (Wildman–Crippen LogP) is 4.02. The van der Waals surface area contributed by atoms with Crippen LogP contribution in [-0.2, 0) is 4.79 Å². The summed E-state index contributed by atoms with van der Waals surface area (Å²) >= 11 is 3.37. The molecule has 2 aromatic carbocycles. The normalized spacial score (nSPS) is 10.6. The second-order valence-electron chi connectivity index (χ2n) is 4.17. The zero-order valence-electron chi connectivity index (χ0n) is 11.3. The minimum atomic E-state index is -0.334. The van der Waals surface area contributed by atoms with Crippen LogP contribution in [0.1, 0.15) is 20.3 Å². The van der Waals surface area contributed by atoms with Crippen molar-refractivity contribution in [3.05, 3.63) is 28.7 Å². The minimum absolute atomic E-state index is 0.0469. The van der Waals surface area contributed by atoms with Gasteiger partial charge < -0.3 is 14.6 Å². The molecule has 0 bridgehead atoms. The van der Waals surface area contributed by atoms with Gasteiger partial charge in [0.15, 0.2) is 11.5 Å². The van der Waals surface area contributed by atoms with Crippen molar-refractivity contribution in [2.75, 3.05) is 6.61 Å². The molecular formula is C15H15BrO4. The molecule has 0 saturated carbocycles. The van der Waals surface area contributed by atoms with Crippen LogP contribution in [0.5, 0.6) is 17.2 Å². The van der Waals surface area contributed by atoms with Crippen LogP contribution in [0.15, 0.2) is 28.7 Å². The highest BCUT2D eigenvalue weighted by Crippen LogP contribution is 2.41. The molecule has 4 nitrogen and oxygen atoms in total. The van der Waals surface area contributed by atoms with E-state index in [0.717, 1.165) is 4.47 Å². The van der Waals surface area contributed by atoms with Gasteiger partial charge in [-0.2, -0.15) is 0 Å². The van der Waals surface area contributed by atoms with E-state index in [2.05, 4.69) is 15.9 Å². The summed E-state index contributed by atoms with van der Waals surface area (Å²) in [6.45, 7) is 3.96. The number of phenols is 1. The van der Waals surface area contributed by atoms with Gasteiger partial charge in [-0.05, 0) is 25.1 Å². The van der Waals surface area contributed by atoms with Gasteiger partial charge in [0.1, 0.15) is 5.75 Å². The summed E-state index contributed by atoms with van der Waals surface area (Å²) in [5.74, 6) is 0.403. The molecule has 0 heterocycles. The number of esters is 1. The van der Waals surface area contributed by atoms with E-state index in [1.54, 1.807) is 25.1 Å². The zero-order valence-corrected chi connectivity index (χ0v) is 12.9. The third-order valence-electron chi connectivity index (χ3n) is 2.81. The summed E-state index contributed by atoms with van der Waals surface area (Å²) < 4.78 is 11.5. The first kappa shape index (κ1) is 14.7. The lowest BCUT2D eigenvalue weighted by Crippen LogP contribution is -2.06. The van der Waals surface area contributed by atoms with Gasteiger partial charge in [0, 0.05) is 27.7 Å². The summed E-state index contributed by atoms with van der Waals surface area (Å²) in [5.41, 5.74) is 0. The van der Waals surface area contributed by atoms with Crippen LogP contribution in [0, 0.1) is 0 Å². The lowest BCUT2D eigenvalue weighted by molar-refractivity contribution is -0.133. The maximum Gasteiger partial charge on any atom is 0.310 e. The molecule has 0 saturated heterocycles. The Bertz CT molecular complexity index is 652. The Morgan fingerprint density at radius 2 is 1.95 bits per heavy atom. The third kappa shape index (κ3) is 2.88. The second kappa shape index (κ2) is 6.13. The molecule has 2 aromatic rings. The van der Waals surface area contributed by atoms with Crippen LogP contribution in [0.3, 0.4) is 0 Å². The molecule has 106 valence electrons. The second-order valence-corrected chi connectivity index (χ2v) is 5.09. The van der Waals surface area contributed by atoms with Gasteiger partial charge in [0.05, 0.1) is 6.61 Å². The Labute approximate surface area is 125 Å². The van der Waals surface area contributed by atoms with Gasteiger partial charge in [-0.1, -0.05) is 22.9 Å². The smallest absolute Gasteiger partial charge is 0.310 e. The minimum Gasteiger partial charge on any atom is -0.504 e. The first-order valence-electron chi connectivity index (χ1n) is 6.35. The van der Waals surface area contributed by atoms with Crippen LogP contribution in [0.25, 0.3) is 10.8 Å². The first-order chi connectivity index (χ1) is 9.56. The summed E-state index contributed by atoms with van der Waals surface area (Å²) in [5, 5.41) is 11.4. The highest BCUT2D eigenvalue weighted by molar-refractivity contribution is 9.10. The highest BCUT2D eigenvalue weighted by Gasteiger charge is 2.15. The van der Waals surface area contributed by atoms with Gasteiger partial charge in [-0.3, -0.25) is 4.79 Å². The standard InChI is InChI=1S/C15H15BrO4/c1-3-14(17)20-12-8-13(19-4-2)15(18)10-6-5-9(16)7-11(10)12/h5-8,18H,3-4H2,1-2H3. The molecule has 0 unspecified atom stereocenters. The zero-order chi connectivity index (χ0) is 14.7. The van der Waals surface area contributed by atoms with Gasteiger partial charge in [-0.25, -0.2) is 0 Å². The van der Waals surface area contributed by atoms with E-state index >= 15 is 0 Å². The molecule has 0 aliphatic heterocycles. The van der Waals surface area contributed by atoms with Crippen LogP contribution >= 0.6 is 15.9 Å². The molecule has 2 rings (SSSR count). The van der Waals surface area contributed by atoms with Crippen LogP contribution in [-0.4, -0.2) is 17.7 Å². The summed E-state index contributed by atoms with van der Waals surface area (Å²) in [4.78, 5) is 11.5. The summed E-state index contributed by atoms with van der Waals surface area (Å²) in [6, 6.07) is 6.90. The Balaban J connectivity index is 2.65. The fourth-order valence-electron chi connectivity index (χ4n) is 1.87. The third-order valence-corrected chi connectivity index (χ3v) is 3.30. The highest BCUT2D eigenvalue weighted by atomic mass is 79.9. The van der Waals surface area contributed by atoms with Crippen molar-refractivity contribution in [3.63, 3.8) is 0 Å². The number of phenolic OH excluding ortho intramolecular Hbond substituents is 1. The topological polar surface area (TPSA) is 55.8 Å². The van der Waals surface area contributed by atoms with Gasteiger partial charge in [-0.15, -0.1) is 0 Å². The number of fused-ring (bicyclic) bond motifs is 1. The first-order valence-corrected chi connectivity index (χ1v) is 7.14. The average molecular weight is 339 g/mol. The monoisotopic (exact) mass is 338 g/mol. The molecule has 0 spiro atoms. The van der Waals surface area contributed by atoms with Crippen molar-refractivity contribution < 1.29 is 19.4 Å². The molecule has 0 fully saturated rings. The van der Waals surface area contributed by atoms with E-state index in [9.17, 15) is 9.90 Å². The Hall–Kier alpha value is -1.75. The average Bonchev–Trinajstić information content (AvgIpc) is 2.43. The van der Waals surface area contributed by atoms with Crippen molar-refractivity contribution in [2.45, 2.75) is 20.3 Å². The van der Waals surface area contributed by atoms with Crippen LogP contribution in [0.2, 0.25) is 0 Å². The lowest BCUT2D eigenvalue weighted by atomic mass is 10.1. The number of aromatic hydroxyl groups is 1. The number of carbonyl (C=O) groups is 1. The fourth-order valence-corrected chi connectivity index (χ4v) is 2.23. The molecule has 0 aromatic heterocycles. The number of ether oxygens (including phenoxy) is 2. The molecule has 0 amide bonds. The van der Waals surface area contributed by atoms with Gasteiger partial charge in [0.2, 0.25) is 0 Å². The molecule has 0 aliphatic carbocycles. The summed E-state index contributed by atoms with van der Waals surface area (Å²) in [7, 11) is 0. The van der Waals surface area contributed by atoms with E-state index < -0.39 is 0 Å². The molecule has 0 aliphatic rings. The van der Waals surface area contributed by atoms with E-state index in [1.807, 2.05) is 13.0 Å². The number of hydrogen-bond acceptors (Lipinski definition) is 4. The SMILES string of the molecule is CCOc1cc(OC(=O)CC)c2cc(Br)ccc2c1O. The Morgan fingerprint density at radius 1 is 1.20 bits per heavy atom. The fraction of sp³-hybridized carbons (Fsp3) is 0.267. The predicted molar refractivity (Wildman–Crippen MR) is 80.4 cm³/mol. The molecule has 0 atom stereocenters. The Kier molecular flexibility index (Phi) is 4.49. The van der Waals surface area contributed by atoms with Crippen LogP contribution < -0.4 is 9.47 Å². The van der Waals surface area contributed by atoms with Crippen molar-refractivity contribution in [1.82, 2.24) is 0 Å². The maximum atomic E-state index is 11.5. The molecule has 1 N–H and O–H groups in total. The van der Waals surface area contributed by atoms with Gasteiger partial charge in [0.25, 0.3) is 0 Å². The van der Waals surface area contributed by atoms with Crippen molar-refractivity contribution in [2.24, 2.45) is 0 Å². The number of benzene rings is 2. The van der Waals surface area contributed by atoms with E-state index in [0.29, 0.717) is 28.9 Å². The largest absolute Gasteiger partial charge is 0.504 e. The van der Waals surface area contributed by atoms with Crippen molar-refractivity contribution >= 4 is 32.7 Å². The van der Waals surface area contributed by atoms with E-state index in [1.165, 1.54) is 0 Å². The number of hydrogen-bond donors (Lipinski definition) is 1. The molecule has 5 heteroatoms. The number of rotatable bonds is 4. The molecular weight excluding hydrogens is 324 g/mol.